The van der Waals surface area contributed by atoms with Crippen LogP contribution in [0, 0.1) is 5.41 Å². The number of aromatic nitrogens is 2. The van der Waals surface area contributed by atoms with Crippen molar-refractivity contribution in [1.29, 1.82) is 0 Å². The standard InChI is InChI=1S/C15H28ClN3O/c1-6-17-14(15(2,3)4)8-7-13-12(16)11-18-19(13)9-10-20-5/h11,14,17H,6-10H2,1-5H3. The predicted molar refractivity (Wildman–Crippen MR) is 84.4 cm³/mol. The molecule has 20 heavy (non-hydrogen) atoms. The highest BCUT2D eigenvalue weighted by atomic mass is 35.5. The third-order valence-corrected chi connectivity index (χ3v) is 3.89. The number of halogens is 1. The van der Waals surface area contributed by atoms with Crippen molar-refractivity contribution in [2.24, 2.45) is 5.41 Å². The zero-order valence-corrected chi connectivity index (χ0v) is 14.1. The number of hydrogen-bond donors (Lipinski definition) is 1. The van der Waals surface area contributed by atoms with Crippen molar-refractivity contribution in [1.82, 2.24) is 15.1 Å². The average molecular weight is 302 g/mol. The SMILES string of the molecule is CCNC(CCc1c(Cl)cnn1CCOC)C(C)(C)C. The van der Waals surface area contributed by atoms with Gasteiger partial charge in [0.05, 0.1) is 30.1 Å². The molecular weight excluding hydrogens is 274 g/mol. The molecule has 0 amide bonds. The van der Waals surface area contributed by atoms with Crippen LogP contribution in [0.2, 0.25) is 5.02 Å². The minimum absolute atomic E-state index is 0.236. The largest absolute Gasteiger partial charge is 0.383 e. The van der Waals surface area contributed by atoms with E-state index in [1.54, 1.807) is 13.3 Å². The quantitative estimate of drug-likeness (QED) is 0.802. The van der Waals surface area contributed by atoms with Gasteiger partial charge in [0.2, 0.25) is 0 Å². The second-order valence-electron chi connectivity index (χ2n) is 6.17. The Morgan fingerprint density at radius 3 is 2.70 bits per heavy atom. The van der Waals surface area contributed by atoms with E-state index in [1.165, 1.54) is 0 Å². The fourth-order valence-corrected chi connectivity index (χ4v) is 2.61. The van der Waals surface area contributed by atoms with Crippen molar-refractivity contribution in [3.63, 3.8) is 0 Å². The number of nitrogens with one attached hydrogen (secondary N) is 1. The van der Waals surface area contributed by atoms with E-state index in [0.29, 0.717) is 12.6 Å². The lowest BCUT2D eigenvalue weighted by Gasteiger charge is -2.31. The maximum atomic E-state index is 6.25. The van der Waals surface area contributed by atoms with Gasteiger partial charge in [0.15, 0.2) is 0 Å². The molecule has 1 rings (SSSR count). The molecule has 1 heterocycles. The average Bonchev–Trinajstić information content (AvgIpc) is 2.71. The molecule has 0 bridgehead atoms. The maximum Gasteiger partial charge on any atom is 0.0817 e. The van der Waals surface area contributed by atoms with E-state index < -0.39 is 0 Å². The van der Waals surface area contributed by atoms with Crippen LogP contribution in [0.3, 0.4) is 0 Å². The van der Waals surface area contributed by atoms with Gasteiger partial charge in [-0.15, -0.1) is 0 Å². The maximum absolute atomic E-state index is 6.25. The first kappa shape index (κ1) is 17.5. The Morgan fingerprint density at radius 2 is 2.15 bits per heavy atom. The third kappa shape index (κ3) is 5.08. The molecule has 1 N–H and O–H groups in total. The molecule has 0 saturated heterocycles. The normalized spacial score (nSPS) is 13.7. The summed E-state index contributed by atoms with van der Waals surface area (Å²) in [6.07, 6.45) is 3.71. The Labute approximate surface area is 127 Å². The number of hydrogen-bond acceptors (Lipinski definition) is 3. The summed E-state index contributed by atoms with van der Waals surface area (Å²) in [7, 11) is 1.70. The van der Waals surface area contributed by atoms with Crippen molar-refractivity contribution in [3.05, 3.63) is 16.9 Å². The van der Waals surface area contributed by atoms with Gasteiger partial charge in [-0.1, -0.05) is 39.3 Å². The van der Waals surface area contributed by atoms with E-state index in [1.807, 2.05) is 4.68 Å². The van der Waals surface area contributed by atoms with Gasteiger partial charge in [0, 0.05) is 13.2 Å². The lowest BCUT2D eigenvalue weighted by Crippen LogP contribution is -2.40. The highest BCUT2D eigenvalue weighted by molar-refractivity contribution is 6.31. The highest BCUT2D eigenvalue weighted by Crippen LogP contribution is 2.25. The van der Waals surface area contributed by atoms with Gasteiger partial charge in [0.1, 0.15) is 0 Å². The van der Waals surface area contributed by atoms with Gasteiger partial charge < -0.3 is 10.1 Å². The van der Waals surface area contributed by atoms with Gasteiger partial charge in [-0.3, -0.25) is 4.68 Å². The summed E-state index contributed by atoms with van der Waals surface area (Å²) < 4.78 is 7.07. The summed E-state index contributed by atoms with van der Waals surface area (Å²) in [6, 6.07) is 0.467. The van der Waals surface area contributed by atoms with Crippen LogP contribution in [0.15, 0.2) is 6.20 Å². The fourth-order valence-electron chi connectivity index (χ4n) is 2.38. The molecule has 5 heteroatoms. The second kappa shape index (κ2) is 8.01. The van der Waals surface area contributed by atoms with Crippen LogP contribution < -0.4 is 5.32 Å². The Hall–Kier alpha value is -0.580. The van der Waals surface area contributed by atoms with E-state index in [0.717, 1.165) is 36.6 Å². The predicted octanol–water partition coefficient (Wildman–Crippen LogP) is 3.14. The van der Waals surface area contributed by atoms with Crippen LogP contribution in [0.25, 0.3) is 0 Å². The minimum Gasteiger partial charge on any atom is -0.383 e. The zero-order valence-electron chi connectivity index (χ0n) is 13.4. The molecule has 0 fully saturated rings. The molecule has 0 aliphatic carbocycles. The Balaban J connectivity index is 2.69. The smallest absolute Gasteiger partial charge is 0.0817 e. The lowest BCUT2D eigenvalue weighted by atomic mass is 9.83. The molecule has 0 spiro atoms. The number of nitrogens with zero attached hydrogens (tertiary/aromatic N) is 2. The molecule has 4 nitrogen and oxygen atoms in total. The summed E-state index contributed by atoms with van der Waals surface area (Å²) in [4.78, 5) is 0. The lowest BCUT2D eigenvalue weighted by molar-refractivity contribution is 0.182. The number of methoxy groups -OCH3 is 1. The summed E-state index contributed by atoms with van der Waals surface area (Å²) in [5.74, 6) is 0. The molecule has 0 radical (unpaired) electrons. The highest BCUT2D eigenvalue weighted by Gasteiger charge is 2.24. The summed E-state index contributed by atoms with van der Waals surface area (Å²) in [5.41, 5.74) is 1.34. The van der Waals surface area contributed by atoms with E-state index in [2.05, 4.69) is 38.1 Å². The number of ether oxygens (including phenoxy) is 1. The van der Waals surface area contributed by atoms with Gasteiger partial charge in [-0.05, 0) is 24.8 Å². The van der Waals surface area contributed by atoms with Gasteiger partial charge in [-0.25, -0.2) is 0 Å². The van der Waals surface area contributed by atoms with Crippen molar-refractivity contribution < 1.29 is 4.74 Å². The van der Waals surface area contributed by atoms with Crippen LogP contribution in [-0.2, 0) is 17.7 Å². The van der Waals surface area contributed by atoms with Crippen LogP contribution in [0.4, 0.5) is 0 Å². The molecule has 116 valence electrons. The third-order valence-electron chi connectivity index (χ3n) is 3.57. The van der Waals surface area contributed by atoms with Gasteiger partial charge in [0.25, 0.3) is 0 Å². The van der Waals surface area contributed by atoms with Crippen molar-refractivity contribution in [3.8, 4) is 0 Å². The molecular formula is C15H28ClN3O. The van der Waals surface area contributed by atoms with Gasteiger partial charge in [-0.2, -0.15) is 5.10 Å². The van der Waals surface area contributed by atoms with Crippen LogP contribution in [0.5, 0.6) is 0 Å². The van der Waals surface area contributed by atoms with Gasteiger partial charge >= 0.3 is 0 Å². The topological polar surface area (TPSA) is 39.1 Å². The summed E-state index contributed by atoms with van der Waals surface area (Å²) >= 11 is 6.25. The van der Waals surface area contributed by atoms with E-state index in [4.69, 9.17) is 16.3 Å². The number of rotatable bonds is 8. The molecule has 0 aliphatic rings. The first-order chi connectivity index (χ1) is 9.40. The second-order valence-corrected chi connectivity index (χ2v) is 6.58. The van der Waals surface area contributed by atoms with Crippen LogP contribution in [-0.4, -0.2) is 36.1 Å². The first-order valence-corrected chi connectivity index (χ1v) is 7.70. The van der Waals surface area contributed by atoms with E-state index >= 15 is 0 Å². The Kier molecular flexibility index (Phi) is 7.00. The first-order valence-electron chi connectivity index (χ1n) is 7.32. The Morgan fingerprint density at radius 1 is 1.45 bits per heavy atom. The molecule has 1 atom stereocenters. The minimum atomic E-state index is 0.236. The Bertz CT molecular complexity index is 398. The monoisotopic (exact) mass is 301 g/mol. The molecule has 0 aliphatic heterocycles. The molecule has 0 saturated carbocycles. The molecule has 0 aromatic carbocycles. The molecule has 1 unspecified atom stereocenters. The van der Waals surface area contributed by atoms with Crippen LogP contribution in [0.1, 0.15) is 39.8 Å². The van der Waals surface area contributed by atoms with Crippen molar-refractivity contribution in [2.75, 3.05) is 20.3 Å². The fraction of sp³-hybridized carbons (Fsp3) is 0.800. The van der Waals surface area contributed by atoms with Crippen molar-refractivity contribution >= 4 is 11.6 Å². The zero-order chi connectivity index (χ0) is 15.2. The van der Waals surface area contributed by atoms with Crippen molar-refractivity contribution in [2.45, 2.75) is 53.1 Å². The van der Waals surface area contributed by atoms with E-state index in [-0.39, 0.29) is 5.41 Å². The van der Waals surface area contributed by atoms with Crippen LogP contribution >= 0.6 is 11.6 Å². The molecule has 1 aromatic heterocycles. The van der Waals surface area contributed by atoms with E-state index in [9.17, 15) is 0 Å². The summed E-state index contributed by atoms with van der Waals surface area (Å²) in [5, 5.41) is 8.65. The summed E-state index contributed by atoms with van der Waals surface area (Å²) in [6.45, 7) is 11.3. The molecule has 1 aromatic rings.